The van der Waals surface area contributed by atoms with Crippen LogP contribution in [0, 0.1) is 6.92 Å². The van der Waals surface area contributed by atoms with Gasteiger partial charge in [-0.15, -0.1) is 0 Å². The maximum atomic E-state index is 6.36. The molecule has 3 heteroatoms. The van der Waals surface area contributed by atoms with Crippen LogP contribution in [0.25, 0.3) is 21.9 Å². The monoisotopic (exact) mass is 335 g/mol. The zero-order valence-corrected chi connectivity index (χ0v) is 16.0. The number of aryl methyl sites for hydroxylation is 1. The number of nitrogens with zero attached hydrogens (tertiary/aromatic N) is 2. The molecule has 0 radical (unpaired) electrons. The normalized spacial score (nSPS) is 22.6. The van der Waals surface area contributed by atoms with Gasteiger partial charge in [-0.3, -0.25) is 0 Å². The zero-order chi connectivity index (χ0) is 18.0. The van der Waals surface area contributed by atoms with Crippen LogP contribution < -0.4 is 4.48 Å². The highest BCUT2D eigenvalue weighted by Crippen LogP contribution is 2.47. The van der Waals surface area contributed by atoms with Crippen LogP contribution in [-0.4, -0.2) is 23.7 Å². The van der Waals surface area contributed by atoms with Gasteiger partial charge in [-0.1, -0.05) is 24.3 Å². The SMILES string of the molecule is Cc1ccc2c(oc3ccccc32)c1[N+]1(C)C=CN(C(C)C)C1(C)C. The maximum absolute atomic E-state index is 6.36. The number of fused-ring (bicyclic) bond motifs is 3. The molecule has 2 heterocycles. The number of hydrogen-bond donors (Lipinski definition) is 0. The lowest BCUT2D eigenvalue weighted by molar-refractivity contribution is 0.0624. The third kappa shape index (κ3) is 2.02. The first-order valence-corrected chi connectivity index (χ1v) is 9.03. The van der Waals surface area contributed by atoms with Gasteiger partial charge in [-0.05, 0) is 32.9 Å². The Morgan fingerprint density at radius 3 is 2.44 bits per heavy atom. The van der Waals surface area contributed by atoms with Gasteiger partial charge in [0.25, 0.3) is 0 Å². The van der Waals surface area contributed by atoms with E-state index in [1.807, 2.05) is 6.07 Å². The van der Waals surface area contributed by atoms with E-state index in [4.69, 9.17) is 4.42 Å². The summed E-state index contributed by atoms with van der Waals surface area (Å²) in [6, 6.07) is 13.2. The molecule has 1 aliphatic heterocycles. The Kier molecular flexibility index (Phi) is 3.32. The summed E-state index contributed by atoms with van der Waals surface area (Å²) in [5.74, 6) is 0. The largest absolute Gasteiger partial charge is 0.450 e. The summed E-state index contributed by atoms with van der Waals surface area (Å²) < 4.78 is 7.07. The van der Waals surface area contributed by atoms with Crippen LogP contribution in [0.4, 0.5) is 5.69 Å². The van der Waals surface area contributed by atoms with E-state index < -0.39 is 0 Å². The van der Waals surface area contributed by atoms with E-state index in [9.17, 15) is 0 Å². The highest BCUT2D eigenvalue weighted by Gasteiger charge is 2.51. The quantitative estimate of drug-likeness (QED) is 0.553. The molecule has 1 atom stereocenters. The van der Waals surface area contributed by atoms with Crippen molar-refractivity contribution in [3.63, 3.8) is 0 Å². The van der Waals surface area contributed by atoms with Crippen LogP contribution in [0.5, 0.6) is 0 Å². The van der Waals surface area contributed by atoms with Crippen LogP contribution in [0.1, 0.15) is 33.3 Å². The van der Waals surface area contributed by atoms with Gasteiger partial charge in [0.1, 0.15) is 11.8 Å². The Morgan fingerprint density at radius 2 is 1.76 bits per heavy atom. The van der Waals surface area contributed by atoms with E-state index in [2.05, 4.69) is 89.3 Å². The lowest BCUT2D eigenvalue weighted by Crippen LogP contribution is -2.61. The van der Waals surface area contributed by atoms with Crippen LogP contribution >= 0.6 is 0 Å². The minimum atomic E-state index is -0.0911. The molecular weight excluding hydrogens is 308 g/mol. The molecule has 0 aliphatic carbocycles. The van der Waals surface area contributed by atoms with Crippen molar-refractivity contribution in [2.24, 2.45) is 0 Å². The second-order valence-electron chi connectivity index (χ2n) is 8.07. The zero-order valence-electron chi connectivity index (χ0n) is 16.0. The van der Waals surface area contributed by atoms with Crippen molar-refractivity contribution in [1.82, 2.24) is 9.38 Å². The second kappa shape index (κ2) is 5.12. The Morgan fingerprint density at radius 1 is 1.04 bits per heavy atom. The lowest BCUT2D eigenvalue weighted by atomic mass is 10.0. The van der Waals surface area contributed by atoms with Crippen molar-refractivity contribution in [2.45, 2.75) is 46.3 Å². The van der Waals surface area contributed by atoms with Crippen molar-refractivity contribution in [2.75, 3.05) is 7.05 Å². The molecule has 0 spiro atoms. The van der Waals surface area contributed by atoms with Gasteiger partial charge in [-0.2, -0.15) is 0 Å². The fraction of sp³-hybridized carbons (Fsp3) is 0.364. The summed E-state index contributed by atoms with van der Waals surface area (Å²) in [6.07, 6.45) is 4.54. The highest BCUT2D eigenvalue weighted by molar-refractivity contribution is 6.09. The Bertz CT molecular complexity index is 996. The fourth-order valence-corrected chi connectivity index (χ4v) is 4.41. The molecule has 0 fully saturated rings. The first-order valence-electron chi connectivity index (χ1n) is 9.03. The van der Waals surface area contributed by atoms with Crippen molar-refractivity contribution in [1.29, 1.82) is 0 Å². The average Bonchev–Trinajstić information content (AvgIpc) is 3.02. The maximum Gasteiger partial charge on any atom is 0.196 e. The Balaban J connectivity index is 2.04. The lowest BCUT2D eigenvalue weighted by Gasteiger charge is -2.46. The predicted octanol–water partition coefficient (Wildman–Crippen LogP) is 5.76. The van der Waals surface area contributed by atoms with E-state index in [-0.39, 0.29) is 5.66 Å². The fourth-order valence-electron chi connectivity index (χ4n) is 4.41. The molecule has 1 aliphatic rings. The van der Waals surface area contributed by atoms with Gasteiger partial charge in [0.2, 0.25) is 0 Å². The standard InChI is InChI=1S/C22H27N2O/c1-15(2)23-13-14-24(6,22(23,4)5)20-16(3)11-12-18-17-9-7-8-10-19(17)25-21(18)20/h7-15H,1-6H3/q+1. The predicted molar refractivity (Wildman–Crippen MR) is 106 cm³/mol. The summed E-state index contributed by atoms with van der Waals surface area (Å²) >= 11 is 0. The van der Waals surface area contributed by atoms with E-state index in [1.165, 1.54) is 22.0 Å². The van der Waals surface area contributed by atoms with E-state index >= 15 is 0 Å². The minimum absolute atomic E-state index is 0.0911. The third-order valence-electron chi connectivity index (χ3n) is 6.04. The molecule has 130 valence electrons. The van der Waals surface area contributed by atoms with Crippen molar-refractivity contribution in [3.8, 4) is 0 Å². The van der Waals surface area contributed by atoms with E-state index in [0.717, 1.165) is 11.2 Å². The first kappa shape index (κ1) is 16.2. The third-order valence-corrected chi connectivity index (χ3v) is 6.04. The van der Waals surface area contributed by atoms with Crippen LogP contribution in [0.15, 0.2) is 53.2 Å². The van der Waals surface area contributed by atoms with E-state index in [0.29, 0.717) is 10.5 Å². The smallest absolute Gasteiger partial charge is 0.196 e. The van der Waals surface area contributed by atoms with E-state index in [1.54, 1.807) is 0 Å². The summed E-state index contributed by atoms with van der Waals surface area (Å²) in [5.41, 5.74) is 4.38. The number of furan rings is 1. The number of quaternary nitrogens is 1. The van der Waals surface area contributed by atoms with Gasteiger partial charge < -0.3 is 9.32 Å². The molecule has 0 saturated carbocycles. The molecule has 0 amide bonds. The second-order valence-corrected chi connectivity index (χ2v) is 8.07. The van der Waals surface area contributed by atoms with Gasteiger partial charge in [0.05, 0.1) is 13.2 Å². The molecule has 0 saturated heterocycles. The van der Waals surface area contributed by atoms with Gasteiger partial charge in [0.15, 0.2) is 16.9 Å². The molecule has 0 bridgehead atoms. The number of benzene rings is 2. The van der Waals surface area contributed by atoms with Gasteiger partial charge in [0, 0.05) is 36.2 Å². The minimum Gasteiger partial charge on any atom is -0.450 e. The van der Waals surface area contributed by atoms with Gasteiger partial charge >= 0.3 is 0 Å². The van der Waals surface area contributed by atoms with Crippen LogP contribution in [-0.2, 0) is 0 Å². The topological polar surface area (TPSA) is 16.4 Å². The van der Waals surface area contributed by atoms with Crippen molar-refractivity contribution < 1.29 is 4.42 Å². The highest BCUT2D eigenvalue weighted by atomic mass is 16.3. The summed E-state index contributed by atoms with van der Waals surface area (Å²) in [5, 5.41) is 2.38. The Hall–Kier alpha value is -2.26. The van der Waals surface area contributed by atoms with Crippen LogP contribution in [0.3, 0.4) is 0 Å². The molecule has 2 aromatic carbocycles. The number of para-hydroxylation sites is 1. The molecule has 0 N–H and O–H groups in total. The molecule has 1 unspecified atom stereocenters. The molecule has 3 aromatic rings. The molecule has 3 nitrogen and oxygen atoms in total. The summed E-state index contributed by atoms with van der Waals surface area (Å²) in [7, 11) is 2.29. The first-order chi connectivity index (χ1) is 11.8. The van der Waals surface area contributed by atoms with Gasteiger partial charge in [-0.25, -0.2) is 4.48 Å². The Labute approximate surface area is 149 Å². The van der Waals surface area contributed by atoms with Crippen molar-refractivity contribution >= 4 is 27.6 Å². The molecular formula is C22H27N2O+. The molecule has 4 rings (SSSR count). The molecule has 25 heavy (non-hydrogen) atoms. The summed E-state index contributed by atoms with van der Waals surface area (Å²) in [6.45, 7) is 11.3. The molecule has 1 aromatic heterocycles. The number of rotatable bonds is 2. The average molecular weight is 335 g/mol. The number of hydrogen-bond acceptors (Lipinski definition) is 2. The van der Waals surface area contributed by atoms with Crippen LogP contribution in [0.2, 0.25) is 0 Å². The summed E-state index contributed by atoms with van der Waals surface area (Å²) in [4.78, 5) is 2.44. The van der Waals surface area contributed by atoms with Crippen molar-refractivity contribution in [3.05, 3.63) is 54.4 Å².